The fraction of sp³-hybridized carbons (Fsp3) is 0.467. The van der Waals surface area contributed by atoms with E-state index in [1.54, 1.807) is 11.3 Å². The second kappa shape index (κ2) is 6.51. The van der Waals surface area contributed by atoms with Crippen molar-refractivity contribution in [2.24, 2.45) is 0 Å². The zero-order valence-electron chi connectivity index (χ0n) is 12.1. The van der Waals surface area contributed by atoms with E-state index in [2.05, 4.69) is 21.3 Å². The highest BCUT2D eigenvalue weighted by molar-refractivity contribution is 7.13. The highest BCUT2D eigenvalue weighted by Gasteiger charge is 2.26. The number of aryl methyl sites for hydroxylation is 1. The van der Waals surface area contributed by atoms with Gasteiger partial charge in [0.1, 0.15) is 5.82 Å². The van der Waals surface area contributed by atoms with Crippen molar-refractivity contribution in [2.45, 2.75) is 25.8 Å². The summed E-state index contributed by atoms with van der Waals surface area (Å²) in [6.45, 7) is 3.94. The number of anilines is 2. The van der Waals surface area contributed by atoms with Crippen LogP contribution in [0, 0.1) is 6.92 Å². The van der Waals surface area contributed by atoms with E-state index in [-0.39, 0.29) is 6.61 Å². The van der Waals surface area contributed by atoms with E-state index in [0.29, 0.717) is 6.04 Å². The van der Waals surface area contributed by atoms with Crippen molar-refractivity contribution in [3.05, 3.63) is 35.0 Å². The monoisotopic (exact) mass is 304 g/mol. The number of nitrogens with zero attached hydrogens (tertiary/aromatic N) is 3. The molecule has 0 aliphatic carbocycles. The molecular formula is C15H20N4OS. The van der Waals surface area contributed by atoms with Crippen LogP contribution in [0.15, 0.2) is 23.6 Å². The lowest BCUT2D eigenvalue weighted by atomic mass is 10.1. The van der Waals surface area contributed by atoms with Crippen LogP contribution in [-0.2, 0) is 0 Å². The zero-order valence-corrected chi connectivity index (χ0v) is 12.9. The van der Waals surface area contributed by atoms with Gasteiger partial charge < -0.3 is 10.4 Å². The van der Waals surface area contributed by atoms with Crippen molar-refractivity contribution in [3.8, 4) is 0 Å². The van der Waals surface area contributed by atoms with Crippen molar-refractivity contribution in [1.29, 1.82) is 0 Å². The van der Waals surface area contributed by atoms with Crippen molar-refractivity contribution in [3.63, 3.8) is 0 Å². The lowest BCUT2D eigenvalue weighted by Crippen LogP contribution is -2.27. The van der Waals surface area contributed by atoms with E-state index in [9.17, 15) is 0 Å². The summed E-state index contributed by atoms with van der Waals surface area (Å²) in [4.78, 5) is 11.4. The predicted molar refractivity (Wildman–Crippen MR) is 85.0 cm³/mol. The van der Waals surface area contributed by atoms with Crippen LogP contribution in [0.1, 0.15) is 30.3 Å². The lowest BCUT2D eigenvalue weighted by molar-refractivity contribution is 0.184. The summed E-state index contributed by atoms with van der Waals surface area (Å²) < 4.78 is 0. The lowest BCUT2D eigenvalue weighted by Gasteiger charge is -2.23. The molecule has 2 aromatic heterocycles. The largest absolute Gasteiger partial charge is 0.395 e. The average molecular weight is 304 g/mol. The molecule has 3 heterocycles. The molecule has 3 rings (SSSR count). The zero-order chi connectivity index (χ0) is 14.7. The number of pyridine rings is 1. The minimum absolute atomic E-state index is 0.201. The van der Waals surface area contributed by atoms with Crippen LogP contribution in [-0.4, -0.2) is 39.7 Å². The van der Waals surface area contributed by atoms with Crippen LogP contribution in [0.25, 0.3) is 0 Å². The first-order valence-electron chi connectivity index (χ1n) is 7.27. The molecular weight excluding hydrogens is 284 g/mol. The van der Waals surface area contributed by atoms with Gasteiger partial charge in [-0.25, -0.2) is 9.97 Å². The number of hydrogen-bond acceptors (Lipinski definition) is 6. The number of aromatic nitrogens is 2. The van der Waals surface area contributed by atoms with Gasteiger partial charge in [-0.05, 0) is 38.4 Å². The van der Waals surface area contributed by atoms with E-state index in [1.165, 1.54) is 0 Å². The molecule has 0 saturated carbocycles. The van der Waals surface area contributed by atoms with Gasteiger partial charge in [0.15, 0.2) is 5.13 Å². The minimum Gasteiger partial charge on any atom is -0.395 e. The number of aliphatic hydroxyl groups excluding tert-OH is 1. The number of nitrogens with one attached hydrogen (secondary N) is 1. The number of thiazole rings is 1. The van der Waals surface area contributed by atoms with Crippen molar-refractivity contribution < 1.29 is 5.11 Å². The minimum atomic E-state index is 0.201. The van der Waals surface area contributed by atoms with Gasteiger partial charge in [0.05, 0.1) is 24.0 Å². The Balaban J connectivity index is 1.76. The van der Waals surface area contributed by atoms with Gasteiger partial charge in [0, 0.05) is 11.9 Å². The number of likely N-dealkylation sites (tertiary alicyclic amines) is 1. The van der Waals surface area contributed by atoms with Gasteiger partial charge in [0.25, 0.3) is 0 Å². The second-order valence-electron chi connectivity index (χ2n) is 5.28. The number of β-amino-alcohol motifs (C(OH)–C–C–N with tert-alkyl or cyclic N) is 1. The highest BCUT2D eigenvalue weighted by atomic mass is 32.1. The fourth-order valence-corrected chi connectivity index (χ4v) is 3.48. The number of rotatable bonds is 5. The first kappa shape index (κ1) is 14.4. The molecule has 21 heavy (non-hydrogen) atoms. The molecule has 0 spiro atoms. The van der Waals surface area contributed by atoms with E-state index < -0.39 is 0 Å². The third-order valence-electron chi connectivity index (χ3n) is 3.72. The quantitative estimate of drug-likeness (QED) is 0.889. The normalized spacial score (nSPS) is 19.0. The highest BCUT2D eigenvalue weighted by Crippen LogP contribution is 2.31. The van der Waals surface area contributed by atoms with Crippen LogP contribution in [0.3, 0.4) is 0 Å². The van der Waals surface area contributed by atoms with E-state index in [4.69, 9.17) is 10.1 Å². The number of hydrogen-bond donors (Lipinski definition) is 2. The van der Waals surface area contributed by atoms with Crippen LogP contribution >= 0.6 is 11.3 Å². The van der Waals surface area contributed by atoms with Gasteiger partial charge in [0.2, 0.25) is 0 Å². The predicted octanol–water partition coefficient (Wildman–Crippen LogP) is 2.72. The Morgan fingerprint density at radius 1 is 1.43 bits per heavy atom. The Kier molecular flexibility index (Phi) is 4.48. The van der Waals surface area contributed by atoms with Crippen LogP contribution in [0.5, 0.6) is 0 Å². The molecule has 0 amide bonds. The van der Waals surface area contributed by atoms with Gasteiger partial charge in [-0.3, -0.25) is 4.90 Å². The molecule has 0 aromatic carbocycles. The van der Waals surface area contributed by atoms with Gasteiger partial charge in [-0.2, -0.15) is 0 Å². The standard InChI is InChI=1S/C15H20N4OS/c1-11-10-21-15(16-11)18-14-6-2-4-12(17-14)13-5-3-7-19(13)8-9-20/h2,4,6,10,13,20H,3,5,7-9H2,1H3,(H,16,17,18). The van der Waals surface area contributed by atoms with Gasteiger partial charge in [-0.1, -0.05) is 6.07 Å². The summed E-state index contributed by atoms with van der Waals surface area (Å²) in [5, 5.41) is 15.3. The maximum absolute atomic E-state index is 9.16. The third kappa shape index (κ3) is 3.40. The summed E-state index contributed by atoms with van der Waals surface area (Å²) in [7, 11) is 0. The van der Waals surface area contributed by atoms with Crippen LogP contribution in [0.4, 0.5) is 10.9 Å². The molecule has 1 fully saturated rings. The molecule has 5 nitrogen and oxygen atoms in total. The SMILES string of the molecule is Cc1csc(Nc2cccc(C3CCCN3CCO)n2)n1. The van der Waals surface area contributed by atoms with E-state index >= 15 is 0 Å². The van der Waals surface area contributed by atoms with Gasteiger partial charge in [-0.15, -0.1) is 11.3 Å². The fourth-order valence-electron chi connectivity index (χ4n) is 2.78. The number of aliphatic hydroxyl groups is 1. The Bertz CT molecular complexity index is 601. The first-order valence-corrected chi connectivity index (χ1v) is 8.15. The summed E-state index contributed by atoms with van der Waals surface area (Å²) in [6, 6.07) is 6.38. The molecule has 2 N–H and O–H groups in total. The van der Waals surface area contributed by atoms with Crippen molar-refractivity contribution in [1.82, 2.24) is 14.9 Å². The van der Waals surface area contributed by atoms with Gasteiger partial charge >= 0.3 is 0 Å². The molecule has 2 aromatic rings. The topological polar surface area (TPSA) is 61.3 Å². The summed E-state index contributed by atoms with van der Waals surface area (Å²) in [5.41, 5.74) is 2.09. The molecule has 1 saturated heterocycles. The second-order valence-corrected chi connectivity index (χ2v) is 6.14. The molecule has 0 radical (unpaired) electrons. The third-order valence-corrected chi connectivity index (χ3v) is 4.59. The first-order chi connectivity index (χ1) is 10.3. The van der Waals surface area contributed by atoms with Crippen molar-refractivity contribution >= 4 is 22.3 Å². The maximum atomic E-state index is 9.16. The molecule has 1 unspecified atom stereocenters. The maximum Gasteiger partial charge on any atom is 0.188 e. The smallest absolute Gasteiger partial charge is 0.188 e. The Morgan fingerprint density at radius 3 is 3.10 bits per heavy atom. The molecule has 0 bridgehead atoms. The van der Waals surface area contributed by atoms with Crippen molar-refractivity contribution in [2.75, 3.05) is 25.0 Å². The summed E-state index contributed by atoms with van der Waals surface area (Å²) in [5.74, 6) is 0.831. The Hall–Kier alpha value is -1.50. The molecule has 6 heteroatoms. The van der Waals surface area contributed by atoms with Crippen LogP contribution < -0.4 is 5.32 Å². The Morgan fingerprint density at radius 2 is 2.33 bits per heavy atom. The molecule has 112 valence electrons. The average Bonchev–Trinajstić information content (AvgIpc) is 3.09. The van der Waals surface area contributed by atoms with E-state index in [0.717, 1.165) is 48.3 Å². The summed E-state index contributed by atoms with van der Waals surface area (Å²) in [6.07, 6.45) is 2.27. The molecule has 1 aliphatic rings. The summed E-state index contributed by atoms with van der Waals surface area (Å²) >= 11 is 1.59. The van der Waals surface area contributed by atoms with Crippen LogP contribution in [0.2, 0.25) is 0 Å². The molecule has 1 aliphatic heterocycles. The Labute approximate surface area is 128 Å². The molecule has 1 atom stereocenters. The van der Waals surface area contributed by atoms with E-state index in [1.807, 2.05) is 24.4 Å².